The van der Waals surface area contributed by atoms with Gasteiger partial charge in [0, 0.05) is 16.2 Å². The van der Waals surface area contributed by atoms with Gasteiger partial charge in [-0.3, -0.25) is 0 Å². The maximum atomic E-state index is 9.19. The van der Waals surface area contributed by atoms with Crippen LogP contribution in [0, 0.1) is 0 Å². The topological polar surface area (TPSA) is 13.1 Å². The van der Waals surface area contributed by atoms with Gasteiger partial charge in [-0.1, -0.05) is 139 Å². The molecule has 9 rings (SSSR count). The molecule has 200 valence electrons. The Morgan fingerprint density at radius 1 is 0.442 bits per heavy atom. The van der Waals surface area contributed by atoms with Gasteiger partial charge in [-0.15, -0.1) is 0 Å². The van der Waals surface area contributed by atoms with Gasteiger partial charge >= 0.3 is 0 Å². The summed E-state index contributed by atoms with van der Waals surface area (Å²) in [6.07, 6.45) is 0. The van der Waals surface area contributed by atoms with Gasteiger partial charge in [0.2, 0.25) is 0 Å². The van der Waals surface area contributed by atoms with Crippen LogP contribution < -0.4 is 0 Å². The molecule has 43 heavy (non-hydrogen) atoms. The number of hydrogen-bond acceptors (Lipinski definition) is 1. The first-order chi connectivity index (χ1) is 25.9. The summed E-state index contributed by atoms with van der Waals surface area (Å²) in [6.45, 7) is 0. The Bertz CT molecular complexity index is 3040. The molecule has 1 heteroatoms. The van der Waals surface area contributed by atoms with E-state index in [4.69, 9.17) is 18.1 Å². The quantitative estimate of drug-likeness (QED) is 0.197. The maximum absolute atomic E-state index is 9.19. The Labute approximate surface area is 264 Å². The van der Waals surface area contributed by atoms with Crippen LogP contribution in [0.25, 0.3) is 87.6 Å². The van der Waals surface area contributed by atoms with Crippen molar-refractivity contribution < 1.29 is 19.5 Å². The molecule has 0 atom stereocenters. The van der Waals surface area contributed by atoms with E-state index >= 15 is 0 Å². The third-order valence-corrected chi connectivity index (χ3v) is 8.08. The summed E-state index contributed by atoms with van der Waals surface area (Å²) >= 11 is 0. The second kappa shape index (κ2) is 9.44. The van der Waals surface area contributed by atoms with Crippen LogP contribution in [0.4, 0.5) is 0 Å². The molecule has 0 amide bonds. The molecule has 1 heterocycles. The van der Waals surface area contributed by atoms with E-state index in [0.717, 1.165) is 38.2 Å². The fourth-order valence-electron chi connectivity index (χ4n) is 6.31. The first kappa shape index (κ1) is 15.5. The fourth-order valence-corrected chi connectivity index (χ4v) is 6.31. The standard InChI is InChI=1S/C42H26O/c1-2-12-27(13-3-1)29-15-10-16-30(26-29)39-32-18-6-8-20-34(32)40(35-21-9-7-19-33(35)39)36-22-11-23-38-41(36)37-25-24-28-14-4-5-17-31(28)42(37)43-38/h1-26H/i1D,2D,3D,4D,5D,12D,13D,14D,17D,24D,25D. The first-order valence-corrected chi connectivity index (χ1v) is 13.9. The van der Waals surface area contributed by atoms with Gasteiger partial charge in [0.25, 0.3) is 0 Å². The van der Waals surface area contributed by atoms with Crippen molar-refractivity contribution in [3.8, 4) is 33.4 Å². The van der Waals surface area contributed by atoms with E-state index in [2.05, 4.69) is 0 Å². The van der Waals surface area contributed by atoms with Crippen LogP contribution in [-0.2, 0) is 0 Å². The van der Waals surface area contributed by atoms with Gasteiger partial charge in [0.05, 0.1) is 15.1 Å². The monoisotopic (exact) mass is 557 g/mol. The van der Waals surface area contributed by atoms with Gasteiger partial charge in [0.15, 0.2) is 0 Å². The van der Waals surface area contributed by atoms with Gasteiger partial charge in [-0.05, 0) is 78.5 Å². The molecule has 8 aromatic carbocycles. The smallest absolute Gasteiger partial charge is 0.143 e. The third kappa shape index (κ3) is 3.65. The highest BCUT2D eigenvalue weighted by Gasteiger charge is 2.20. The minimum absolute atomic E-state index is 0.0585. The zero-order valence-electron chi connectivity index (χ0n) is 33.6. The van der Waals surface area contributed by atoms with Crippen molar-refractivity contribution in [3.63, 3.8) is 0 Å². The van der Waals surface area contributed by atoms with Gasteiger partial charge in [0.1, 0.15) is 11.2 Å². The van der Waals surface area contributed by atoms with E-state index in [9.17, 15) is 1.37 Å². The number of hydrogen-bond donors (Lipinski definition) is 0. The Kier molecular flexibility index (Phi) is 3.41. The molecule has 0 saturated heterocycles. The van der Waals surface area contributed by atoms with Crippen LogP contribution in [0.2, 0.25) is 0 Å². The van der Waals surface area contributed by atoms with Gasteiger partial charge < -0.3 is 4.42 Å². The molecule has 1 aromatic heterocycles. The average Bonchev–Trinajstić information content (AvgIpc) is 3.58. The minimum atomic E-state index is -0.478. The Balaban J connectivity index is 1.39. The maximum Gasteiger partial charge on any atom is 0.143 e. The summed E-state index contributed by atoms with van der Waals surface area (Å²) in [5, 5.41) is 4.30. The predicted octanol–water partition coefficient (Wildman–Crippen LogP) is 12.0. The highest BCUT2D eigenvalue weighted by atomic mass is 16.3. The van der Waals surface area contributed by atoms with Crippen LogP contribution in [-0.4, -0.2) is 0 Å². The van der Waals surface area contributed by atoms with Crippen molar-refractivity contribution in [2.24, 2.45) is 0 Å². The molecule has 0 N–H and O–H groups in total. The Morgan fingerprint density at radius 3 is 1.86 bits per heavy atom. The summed E-state index contributed by atoms with van der Waals surface area (Å²) in [7, 11) is 0. The van der Waals surface area contributed by atoms with Gasteiger partial charge in [-0.2, -0.15) is 0 Å². The zero-order chi connectivity index (χ0) is 37.9. The molecule has 0 aliphatic carbocycles. The minimum Gasteiger partial charge on any atom is -0.455 e. The van der Waals surface area contributed by atoms with Crippen molar-refractivity contribution in [2.45, 2.75) is 0 Å². The summed E-state index contributed by atoms with van der Waals surface area (Å²) in [5.74, 6) is 0. The van der Waals surface area contributed by atoms with Gasteiger partial charge in [-0.25, -0.2) is 0 Å². The molecule has 0 spiro atoms. The normalized spacial score (nSPS) is 15.3. The molecule has 0 bridgehead atoms. The first-order valence-electron chi connectivity index (χ1n) is 19.4. The van der Waals surface area contributed by atoms with Crippen LogP contribution in [0.5, 0.6) is 0 Å². The van der Waals surface area contributed by atoms with Crippen molar-refractivity contribution in [1.82, 2.24) is 0 Å². The molecule has 0 aliphatic rings. The van der Waals surface area contributed by atoms with Crippen LogP contribution >= 0.6 is 0 Å². The lowest BCUT2D eigenvalue weighted by molar-refractivity contribution is 0.673. The number of rotatable bonds is 3. The lowest BCUT2D eigenvalue weighted by atomic mass is 9.84. The molecule has 0 unspecified atom stereocenters. The molecule has 1 nitrogen and oxygen atoms in total. The highest BCUT2D eigenvalue weighted by molar-refractivity contribution is 6.27. The molecular weight excluding hydrogens is 520 g/mol. The lowest BCUT2D eigenvalue weighted by Gasteiger charge is -2.18. The fraction of sp³-hybridized carbons (Fsp3) is 0. The predicted molar refractivity (Wildman–Crippen MR) is 183 cm³/mol. The van der Waals surface area contributed by atoms with Crippen molar-refractivity contribution >= 4 is 54.3 Å². The summed E-state index contributed by atoms with van der Waals surface area (Å²) < 4.78 is 100. The van der Waals surface area contributed by atoms with E-state index < -0.39 is 36.3 Å². The second-order valence-electron chi connectivity index (χ2n) is 10.4. The molecule has 0 fully saturated rings. The van der Waals surface area contributed by atoms with E-state index in [-0.39, 0.29) is 57.5 Å². The molecule has 9 aromatic rings. The van der Waals surface area contributed by atoms with Crippen molar-refractivity contribution in [3.05, 3.63) is 157 Å². The molecular formula is C42H26O. The summed E-state index contributed by atoms with van der Waals surface area (Å²) in [4.78, 5) is 0. The average molecular weight is 558 g/mol. The van der Waals surface area contributed by atoms with E-state index in [0.29, 0.717) is 22.1 Å². The van der Waals surface area contributed by atoms with Crippen LogP contribution in [0.15, 0.2) is 162 Å². The van der Waals surface area contributed by atoms with E-state index in [1.54, 1.807) is 12.1 Å². The van der Waals surface area contributed by atoms with Crippen LogP contribution in [0.1, 0.15) is 15.1 Å². The SMILES string of the molecule is [2H]c1c([2H])c([2H])c(-c2cccc(-c3c4ccccc4c(-c4cccc5oc6c7c([2H])c([2H])c([2H])c([2H])c7c([2H])c([2H])c6c45)c4ccccc34)c2)c([2H])c1[2H]. The van der Waals surface area contributed by atoms with Crippen molar-refractivity contribution in [1.29, 1.82) is 0 Å². The van der Waals surface area contributed by atoms with E-state index in [1.165, 1.54) is 0 Å². The Hall–Kier alpha value is -5.66. The van der Waals surface area contributed by atoms with E-state index in [1.807, 2.05) is 78.9 Å². The number of furan rings is 1. The molecule has 0 aliphatic heterocycles. The second-order valence-corrected chi connectivity index (χ2v) is 10.4. The largest absolute Gasteiger partial charge is 0.455 e. The number of benzene rings is 8. The Morgan fingerprint density at radius 2 is 1.09 bits per heavy atom. The van der Waals surface area contributed by atoms with Crippen molar-refractivity contribution in [2.75, 3.05) is 0 Å². The highest BCUT2D eigenvalue weighted by Crippen LogP contribution is 2.47. The number of fused-ring (bicyclic) bond motifs is 7. The summed E-state index contributed by atoms with van der Waals surface area (Å²) in [5.41, 5.74) is 4.32. The zero-order valence-corrected chi connectivity index (χ0v) is 22.6. The molecule has 0 radical (unpaired) electrons. The lowest BCUT2D eigenvalue weighted by Crippen LogP contribution is -1.91. The third-order valence-electron chi connectivity index (χ3n) is 8.08. The van der Waals surface area contributed by atoms with Crippen LogP contribution in [0.3, 0.4) is 0 Å². The summed E-state index contributed by atoms with van der Waals surface area (Å²) in [6, 6.07) is 24.6. The molecule has 0 saturated carbocycles.